The number of ether oxygens (including phenoxy) is 1. The zero-order valence-electron chi connectivity index (χ0n) is 21.4. The van der Waals surface area contributed by atoms with Crippen molar-refractivity contribution < 1.29 is 9.53 Å². The number of hydrogen-bond acceptors (Lipinski definition) is 2. The average Bonchev–Trinajstić information content (AvgIpc) is 3.36. The second-order valence-electron chi connectivity index (χ2n) is 9.98. The lowest BCUT2D eigenvalue weighted by Gasteiger charge is -2.33. The molecule has 4 aromatic rings. The van der Waals surface area contributed by atoms with Crippen molar-refractivity contribution in [3.63, 3.8) is 0 Å². The topological polar surface area (TPSA) is 45.3 Å². The van der Waals surface area contributed by atoms with Gasteiger partial charge in [0.2, 0.25) is 5.91 Å². The van der Waals surface area contributed by atoms with E-state index >= 15 is 0 Å². The van der Waals surface area contributed by atoms with Crippen LogP contribution in [0.25, 0.3) is 10.9 Å². The molecule has 1 aromatic heterocycles. The SMILES string of the molecule is CCc1cccc2c([C@H](CC(=O)N3CCC(Cc4ccccc4)CC3)c3cccc(OC)c3)c[nH]c12. The van der Waals surface area contributed by atoms with E-state index in [0.717, 1.165) is 50.1 Å². The maximum Gasteiger partial charge on any atom is 0.223 e. The molecule has 1 N–H and O–H groups in total. The van der Waals surface area contributed by atoms with Crippen molar-refractivity contribution in [1.29, 1.82) is 0 Å². The molecule has 0 aliphatic carbocycles. The van der Waals surface area contributed by atoms with Gasteiger partial charge in [-0.05, 0) is 66.0 Å². The number of fused-ring (bicyclic) bond motifs is 1. The van der Waals surface area contributed by atoms with Crippen LogP contribution >= 0.6 is 0 Å². The number of carbonyl (C=O) groups excluding carboxylic acids is 1. The fourth-order valence-corrected chi connectivity index (χ4v) is 5.73. The van der Waals surface area contributed by atoms with Gasteiger partial charge < -0.3 is 14.6 Å². The molecule has 1 amide bonds. The van der Waals surface area contributed by atoms with Crippen molar-refractivity contribution in [1.82, 2.24) is 9.88 Å². The van der Waals surface area contributed by atoms with Gasteiger partial charge in [0.25, 0.3) is 0 Å². The Labute approximate surface area is 214 Å². The third kappa shape index (κ3) is 5.18. The number of aromatic nitrogens is 1. The van der Waals surface area contributed by atoms with Gasteiger partial charge in [-0.15, -0.1) is 0 Å². The summed E-state index contributed by atoms with van der Waals surface area (Å²) in [5, 5.41) is 1.21. The van der Waals surface area contributed by atoms with E-state index in [-0.39, 0.29) is 11.8 Å². The van der Waals surface area contributed by atoms with Gasteiger partial charge in [-0.3, -0.25) is 4.79 Å². The first kappa shape index (κ1) is 24.2. The molecular weight excluding hydrogens is 444 g/mol. The quantitative estimate of drug-likeness (QED) is 0.303. The first-order valence-corrected chi connectivity index (χ1v) is 13.2. The second-order valence-corrected chi connectivity index (χ2v) is 9.98. The molecule has 2 heterocycles. The molecule has 0 saturated carbocycles. The fourth-order valence-electron chi connectivity index (χ4n) is 5.73. The molecule has 5 rings (SSSR count). The zero-order chi connectivity index (χ0) is 24.9. The van der Waals surface area contributed by atoms with Crippen molar-refractivity contribution >= 4 is 16.8 Å². The van der Waals surface area contributed by atoms with Crippen LogP contribution in [0, 0.1) is 5.92 Å². The average molecular weight is 481 g/mol. The summed E-state index contributed by atoms with van der Waals surface area (Å²) >= 11 is 0. The second kappa shape index (κ2) is 11.0. The largest absolute Gasteiger partial charge is 0.497 e. The van der Waals surface area contributed by atoms with Crippen molar-refractivity contribution in [2.24, 2.45) is 5.92 Å². The van der Waals surface area contributed by atoms with E-state index < -0.39 is 0 Å². The van der Waals surface area contributed by atoms with Crippen LogP contribution in [0.2, 0.25) is 0 Å². The molecule has 1 fully saturated rings. The Bertz CT molecular complexity index is 1300. The third-order valence-electron chi connectivity index (χ3n) is 7.80. The van der Waals surface area contributed by atoms with Gasteiger partial charge in [0.15, 0.2) is 0 Å². The Balaban J connectivity index is 1.36. The molecule has 4 heteroatoms. The number of H-pyrrole nitrogens is 1. The maximum atomic E-state index is 13.6. The van der Waals surface area contributed by atoms with Crippen LogP contribution in [0.15, 0.2) is 79.0 Å². The van der Waals surface area contributed by atoms with Gasteiger partial charge in [0, 0.05) is 42.5 Å². The van der Waals surface area contributed by atoms with Gasteiger partial charge in [-0.2, -0.15) is 0 Å². The van der Waals surface area contributed by atoms with Crippen molar-refractivity contribution in [3.05, 3.63) is 101 Å². The predicted octanol–water partition coefficient (Wildman–Crippen LogP) is 6.74. The maximum absolute atomic E-state index is 13.6. The van der Waals surface area contributed by atoms with Gasteiger partial charge >= 0.3 is 0 Å². The van der Waals surface area contributed by atoms with E-state index in [1.54, 1.807) is 7.11 Å². The highest BCUT2D eigenvalue weighted by molar-refractivity contribution is 5.88. The molecule has 1 aliphatic heterocycles. The third-order valence-corrected chi connectivity index (χ3v) is 7.80. The number of aromatic amines is 1. The van der Waals surface area contributed by atoms with E-state index in [1.165, 1.54) is 27.6 Å². The Kier molecular flexibility index (Phi) is 7.41. The van der Waals surface area contributed by atoms with Crippen molar-refractivity contribution in [3.8, 4) is 5.75 Å². The van der Waals surface area contributed by atoms with Gasteiger partial charge in [0.1, 0.15) is 5.75 Å². The summed E-state index contributed by atoms with van der Waals surface area (Å²) in [5.74, 6) is 1.67. The molecule has 1 atom stereocenters. The molecule has 0 spiro atoms. The number of nitrogens with one attached hydrogen (secondary N) is 1. The van der Waals surface area contributed by atoms with Gasteiger partial charge in [-0.25, -0.2) is 0 Å². The number of para-hydroxylation sites is 1. The number of aryl methyl sites for hydroxylation is 1. The Morgan fingerprint density at radius 1 is 1.03 bits per heavy atom. The number of hydrogen-bond donors (Lipinski definition) is 1. The van der Waals surface area contributed by atoms with Crippen LogP contribution in [0.3, 0.4) is 0 Å². The molecule has 4 nitrogen and oxygen atoms in total. The molecule has 0 bridgehead atoms. The number of benzene rings is 3. The number of amides is 1. The minimum absolute atomic E-state index is 0.0319. The monoisotopic (exact) mass is 480 g/mol. The molecule has 0 unspecified atom stereocenters. The standard InChI is InChI=1S/C32H36N2O2/c1-3-25-11-8-14-28-30(22-33-32(25)28)29(26-12-7-13-27(20-26)36-2)21-31(35)34-17-15-24(16-18-34)19-23-9-5-4-6-10-23/h4-14,20,22,24,29,33H,3,15-19,21H2,1-2H3/t29-/m1/s1. The number of piperidine rings is 1. The van der Waals surface area contributed by atoms with Crippen LogP contribution in [0.4, 0.5) is 0 Å². The molecule has 1 aliphatic rings. The lowest BCUT2D eigenvalue weighted by atomic mass is 9.86. The minimum Gasteiger partial charge on any atom is -0.497 e. The number of likely N-dealkylation sites (tertiary alicyclic amines) is 1. The highest BCUT2D eigenvalue weighted by atomic mass is 16.5. The highest BCUT2D eigenvalue weighted by Gasteiger charge is 2.28. The highest BCUT2D eigenvalue weighted by Crippen LogP contribution is 2.36. The van der Waals surface area contributed by atoms with Crippen LogP contribution in [-0.2, 0) is 17.6 Å². The molecule has 36 heavy (non-hydrogen) atoms. The van der Waals surface area contributed by atoms with E-state index in [9.17, 15) is 4.79 Å². The van der Waals surface area contributed by atoms with E-state index in [1.807, 2.05) is 12.1 Å². The van der Waals surface area contributed by atoms with Crippen LogP contribution in [-0.4, -0.2) is 36.0 Å². The van der Waals surface area contributed by atoms with E-state index in [4.69, 9.17) is 4.74 Å². The van der Waals surface area contributed by atoms with Gasteiger partial charge in [0.05, 0.1) is 7.11 Å². The van der Waals surface area contributed by atoms with Crippen LogP contribution in [0.5, 0.6) is 5.75 Å². The van der Waals surface area contributed by atoms with Crippen LogP contribution in [0.1, 0.15) is 54.4 Å². The summed E-state index contributed by atoms with van der Waals surface area (Å²) < 4.78 is 5.53. The predicted molar refractivity (Wildman–Crippen MR) is 147 cm³/mol. The molecule has 1 saturated heterocycles. The Morgan fingerprint density at radius 3 is 2.56 bits per heavy atom. The van der Waals surface area contributed by atoms with E-state index in [0.29, 0.717) is 12.3 Å². The summed E-state index contributed by atoms with van der Waals surface area (Å²) in [6.07, 6.45) is 6.77. The number of carbonyl (C=O) groups is 1. The first-order chi connectivity index (χ1) is 17.7. The first-order valence-electron chi connectivity index (χ1n) is 13.2. The Hall–Kier alpha value is -3.53. The summed E-state index contributed by atoms with van der Waals surface area (Å²) in [7, 11) is 1.69. The lowest BCUT2D eigenvalue weighted by molar-refractivity contribution is -0.132. The van der Waals surface area contributed by atoms with Crippen LogP contribution < -0.4 is 4.74 Å². The number of methoxy groups -OCH3 is 1. The minimum atomic E-state index is -0.0319. The lowest BCUT2D eigenvalue weighted by Crippen LogP contribution is -2.39. The fraction of sp³-hybridized carbons (Fsp3) is 0.344. The van der Waals surface area contributed by atoms with Gasteiger partial charge in [-0.1, -0.05) is 67.6 Å². The summed E-state index contributed by atoms with van der Waals surface area (Å²) in [5.41, 5.74) is 6.17. The smallest absolute Gasteiger partial charge is 0.223 e. The number of rotatable bonds is 8. The summed E-state index contributed by atoms with van der Waals surface area (Å²) in [6.45, 7) is 3.86. The molecule has 186 valence electrons. The Morgan fingerprint density at radius 2 is 1.81 bits per heavy atom. The molecule has 3 aromatic carbocycles. The normalized spacial score (nSPS) is 15.2. The van der Waals surface area contributed by atoms with Crippen molar-refractivity contribution in [2.75, 3.05) is 20.2 Å². The summed E-state index contributed by atoms with van der Waals surface area (Å²) in [6, 6.07) is 25.4. The number of nitrogens with zero attached hydrogens (tertiary/aromatic N) is 1. The summed E-state index contributed by atoms with van der Waals surface area (Å²) in [4.78, 5) is 19.2. The van der Waals surface area contributed by atoms with Crippen molar-refractivity contribution in [2.45, 2.75) is 44.9 Å². The molecule has 0 radical (unpaired) electrons. The molecular formula is C32H36N2O2. The zero-order valence-corrected chi connectivity index (χ0v) is 21.4. The van der Waals surface area contributed by atoms with E-state index in [2.05, 4.69) is 83.7 Å².